The lowest BCUT2D eigenvalue weighted by Gasteiger charge is -2.11. The average Bonchev–Trinajstić information content (AvgIpc) is 2.71. The fourth-order valence-corrected chi connectivity index (χ4v) is 3.04. The van der Waals surface area contributed by atoms with E-state index in [0.717, 1.165) is 0 Å². The maximum atomic E-state index is 12.0. The highest BCUT2D eigenvalue weighted by Crippen LogP contribution is 2.30. The predicted molar refractivity (Wildman–Crippen MR) is 118 cm³/mol. The number of hydrogen-bond acceptors (Lipinski definition) is 5. The molecule has 0 heterocycles. The van der Waals surface area contributed by atoms with Crippen molar-refractivity contribution in [3.8, 4) is 0 Å². The molecule has 0 aliphatic carbocycles. The van der Waals surface area contributed by atoms with Crippen molar-refractivity contribution in [1.29, 1.82) is 0 Å². The van der Waals surface area contributed by atoms with E-state index in [1.165, 1.54) is 6.92 Å². The highest BCUT2D eigenvalue weighted by atomic mass is 79.9. The standard InChI is InChI=1S/C21H20BrClN2O5/c1-12-17(7-6-16(22)21(12)23)25-19(28)11-30-20(29)9-8-18(27)24-15-5-3-4-14(10-15)13(2)26/h3-7,10H,8-9,11H2,1-2H3,(H,24,27)(H,25,28). The molecule has 2 N–H and O–H groups in total. The quantitative estimate of drug-likeness (QED) is 0.414. The summed E-state index contributed by atoms with van der Waals surface area (Å²) in [6.07, 6.45) is -0.305. The number of nitrogens with one attached hydrogen (secondary N) is 2. The molecule has 0 aliphatic heterocycles. The van der Waals surface area contributed by atoms with Gasteiger partial charge in [0.25, 0.3) is 5.91 Å². The Labute approximate surface area is 187 Å². The molecule has 0 aliphatic rings. The Morgan fingerprint density at radius 3 is 2.47 bits per heavy atom. The van der Waals surface area contributed by atoms with E-state index in [1.807, 2.05) is 0 Å². The van der Waals surface area contributed by atoms with Gasteiger partial charge in [0.1, 0.15) is 0 Å². The van der Waals surface area contributed by atoms with E-state index in [0.29, 0.717) is 32.0 Å². The number of halogens is 2. The van der Waals surface area contributed by atoms with Crippen molar-refractivity contribution in [2.75, 3.05) is 17.2 Å². The molecule has 0 aromatic heterocycles. The van der Waals surface area contributed by atoms with Crippen LogP contribution in [0, 0.1) is 6.92 Å². The molecular weight excluding hydrogens is 476 g/mol. The fourth-order valence-electron chi connectivity index (χ4n) is 2.45. The number of ketones is 1. The Kier molecular flexibility index (Phi) is 8.56. The van der Waals surface area contributed by atoms with Gasteiger partial charge in [-0.3, -0.25) is 19.2 Å². The summed E-state index contributed by atoms with van der Waals surface area (Å²) < 4.78 is 5.61. The Balaban J connectivity index is 1.76. The molecule has 0 saturated carbocycles. The first-order chi connectivity index (χ1) is 14.2. The van der Waals surface area contributed by atoms with E-state index < -0.39 is 24.4 Å². The zero-order valence-electron chi connectivity index (χ0n) is 16.4. The van der Waals surface area contributed by atoms with Gasteiger partial charge >= 0.3 is 5.97 Å². The van der Waals surface area contributed by atoms with Gasteiger partial charge in [0.2, 0.25) is 5.91 Å². The normalized spacial score (nSPS) is 10.3. The molecular formula is C21H20BrClN2O5. The van der Waals surface area contributed by atoms with E-state index in [2.05, 4.69) is 26.6 Å². The number of amides is 2. The van der Waals surface area contributed by atoms with Crippen LogP contribution in [0.3, 0.4) is 0 Å². The van der Waals surface area contributed by atoms with Gasteiger partial charge in [-0.05, 0) is 59.6 Å². The molecule has 0 spiro atoms. The molecule has 0 atom stereocenters. The van der Waals surface area contributed by atoms with Crippen LogP contribution in [-0.4, -0.2) is 30.2 Å². The number of benzene rings is 2. The number of hydrogen-bond donors (Lipinski definition) is 2. The van der Waals surface area contributed by atoms with Crippen LogP contribution in [0.25, 0.3) is 0 Å². The van der Waals surface area contributed by atoms with Crippen molar-refractivity contribution in [3.63, 3.8) is 0 Å². The fraction of sp³-hybridized carbons (Fsp3) is 0.238. The third-order valence-electron chi connectivity index (χ3n) is 4.09. The van der Waals surface area contributed by atoms with Crippen LogP contribution in [-0.2, 0) is 19.1 Å². The second-order valence-electron chi connectivity index (χ2n) is 6.43. The van der Waals surface area contributed by atoms with Crippen LogP contribution < -0.4 is 10.6 Å². The van der Waals surface area contributed by atoms with E-state index >= 15 is 0 Å². The van der Waals surface area contributed by atoms with Crippen LogP contribution >= 0.6 is 27.5 Å². The van der Waals surface area contributed by atoms with Crippen LogP contribution in [0.15, 0.2) is 40.9 Å². The van der Waals surface area contributed by atoms with Crippen molar-refractivity contribution < 1.29 is 23.9 Å². The number of carbonyl (C=O) groups is 4. The lowest BCUT2D eigenvalue weighted by atomic mass is 10.1. The van der Waals surface area contributed by atoms with Crippen LogP contribution in [0.1, 0.15) is 35.7 Å². The molecule has 0 saturated heterocycles. The molecule has 0 radical (unpaired) electrons. The third kappa shape index (κ3) is 6.96. The van der Waals surface area contributed by atoms with Gasteiger partial charge in [-0.15, -0.1) is 0 Å². The van der Waals surface area contributed by atoms with E-state index in [4.69, 9.17) is 16.3 Å². The maximum Gasteiger partial charge on any atom is 0.306 e. The van der Waals surface area contributed by atoms with E-state index in [9.17, 15) is 19.2 Å². The van der Waals surface area contributed by atoms with Crippen molar-refractivity contribution in [3.05, 3.63) is 57.0 Å². The van der Waals surface area contributed by atoms with Crippen LogP contribution in [0.2, 0.25) is 5.02 Å². The van der Waals surface area contributed by atoms with E-state index in [-0.39, 0.29) is 18.6 Å². The van der Waals surface area contributed by atoms with Gasteiger partial charge in [-0.2, -0.15) is 0 Å². The largest absolute Gasteiger partial charge is 0.456 e. The van der Waals surface area contributed by atoms with Gasteiger partial charge in [0.05, 0.1) is 11.4 Å². The molecule has 30 heavy (non-hydrogen) atoms. The topological polar surface area (TPSA) is 102 Å². The Morgan fingerprint density at radius 2 is 1.77 bits per heavy atom. The predicted octanol–water partition coefficient (Wildman–Crippen LogP) is 4.51. The second-order valence-corrected chi connectivity index (χ2v) is 7.66. The number of ether oxygens (including phenoxy) is 1. The van der Waals surface area contributed by atoms with Crippen molar-refractivity contribution >= 4 is 62.5 Å². The molecule has 0 bridgehead atoms. The van der Waals surface area contributed by atoms with Gasteiger partial charge in [-0.1, -0.05) is 23.7 Å². The lowest BCUT2D eigenvalue weighted by molar-refractivity contribution is -0.147. The van der Waals surface area contributed by atoms with Crippen LogP contribution in [0.4, 0.5) is 11.4 Å². The summed E-state index contributed by atoms with van der Waals surface area (Å²) in [6, 6.07) is 9.87. The Morgan fingerprint density at radius 1 is 1.03 bits per heavy atom. The molecule has 2 aromatic rings. The Hall–Kier alpha value is -2.71. The molecule has 9 heteroatoms. The number of anilines is 2. The highest BCUT2D eigenvalue weighted by Gasteiger charge is 2.13. The van der Waals surface area contributed by atoms with Gasteiger partial charge in [0.15, 0.2) is 12.4 Å². The summed E-state index contributed by atoms with van der Waals surface area (Å²) in [4.78, 5) is 47.1. The summed E-state index contributed by atoms with van der Waals surface area (Å²) in [6.45, 7) is 2.70. The summed E-state index contributed by atoms with van der Waals surface area (Å²) in [5.74, 6) is -1.72. The average molecular weight is 496 g/mol. The summed E-state index contributed by atoms with van der Waals surface area (Å²) >= 11 is 9.40. The minimum atomic E-state index is -0.677. The highest BCUT2D eigenvalue weighted by molar-refractivity contribution is 9.10. The molecule has 2 amide bonds. The first-order valence-electron chi connectivity index (χ1n) is 8.98. The molecule has 2 aromatic carbocycles. The SMILES string of the molecule is CC(=O)c1cccc(NC(=O)CCC(=O)OCC(=O)Nc2ccc(Br)c(Cl)c2C)c1. The van der Waals surface area contributed by atoms with Gasteiger partial charge in [0, 0.05) is 27.8 Å². The first-order valence-corrected chi connectivity index (χ1v) is 10.2. The number of rotatable bonds is 8. The molecule has 0 fully saturated rings. The number of carbonyl (C=O) groups excluding carboxylic acids is 4. The second kappa shape index (κ2) is 10.9. The molecule has 2 rings (SSSR count). The monoisotopic (exact) mass is 494 g/mol. The Bertz CT molecular complexity index is 993. The first kappa shape index (κ1) is 23.6. The summed E-state index contributed by atoms with van der Waals surface area (Å²) in [5.41, 5.74) is 2.12. The zero-order valence-corrected chi connectivity index (χ0v) is 18.7. The van der Waals surface area contributed by atoms with Gasteiger partial charge in [-0.25, -0.2) is 0 Å². The van der Waals surface area contributed by atoms with Crippen molar-refractivity contribution in [2.45, 2.75) is 26.7 Å². The van der Waals surface area contributed by atoms with Crippen molar-refractivity contribution in [1.82, 2.24) is 0 Å². The minimum Gasteiger partial charge on any atom is -0.456 e. The zero-order chi connectivity index (χ0) is 22.3. The summed E-state index contributed by atoms with van der Waals surface area (Å²) in [7, 11) is 0. The maximum absolute atomic E-state index is 12.0. The van der Waals surface area contributed by atoms with Crippen LogP contribution in [0.5, 0.6) is 0 Å². The molecule has 0 unspecified atom stereocenters. The molecule has 158 valence electrons. The molecule has 7 nitrogen and oxygen atoms in total. The minimum absolute atomic E-state index is 0.117. The number of esters is 1. The lowest BCUT2D eigenvalue weighted by Crippen LogP contribution is -2.22. The third-order valence-corrected chi connectivity index (χ3v) is 5.46. The number of Topliss-reactive ketones (excluding diaryl/α,β-unsaturated/α-hetero) is 1. The smallest absolute Gasteiger partial charge is 0.306 e. The summed E-state index contributed by atoms with van der Waals surface area (Å²) in [5, 5.41) is 5.71. The van der Waals surface area contributed by atoms with Crippen molar-refractivity contribution in [2.24, 2.45) is 0 Å². The van der Waals surface area contributed by atoms with E-state index in [1.54, 1.807) is 43.3 Å². The van der Waals surface area contributed by atoms with Gasteiger partial charge < -0.3 is 15.4 Å².